The lowest BCUT2D eigenvalue weighted by atomic mass is 10.3. The van der Waals surface area contributed by atoms with Gasteiger partial charge in [-0.05, 0) is 6.92 Å². The minimum absolute atomic E-state index is 0.269. The van der Waals surface area contributed by atoms with Crippen molar-refractivity contribution in [1.82, 2.24) is 15.0 Å². The van der Waals surface area contributed by atoms with Gasteiger partial charge in [0.25, 0.3) is 0 Å². The van der Waals surface area contributed by atoms with Crippen LogP contribution in [0.25, 0.3) is 0 Å². The van der Waals surface area contributed by atoms with Crippen molar-refractivity contribution in [3.8, 4) is 0 Å². The molecule has 0 aliphatic carbocycles. The van der Waals surface area contributed by atoms with Gasteiger partial charge >= 0.3 is 5.69 Å². The molecule has 1 atom stereocenters. The van der Waals surface area contributed by atoms with Crippen molar-refractivity contribution in [3.05, 3.63) is 22.2 Å². The van der Waals surface area contributed by atoms with Crippen LogP contribution in [0.5, 0.6) is 0 Å². The Bertz CT molecular complexity index is 395. The molecule has 1 unspecified atom stereocenters. The summed E-state index contributed by atoms with van der Waals surface area (Å²) in [6.45, 7) is 2.54. The SMILES string of the molecule is Cc1cn(C2CCNO2)c(=O)nc1N. The van der Waals surface area contributed by atoms with Crippen LogP contribution in [0.3, 0.4) is 0 Å². The largest absolute Gasteiger partial charge is 0.383 e. The molecule has 2 rings (SSSR count). The Morgan fingerprint density at radius 1 is 1.79 bits per heavy atom. The molecule has 1 aromatic rings. The number of nitrogens with one attached hydrogen (secondary N) is 1. The third-order valence-electron chi connectivity index (χ3n) is 2.20. The predicted molar refractivity (Wildman–Crippen MR) is 50.4 cm³/mol. The van der Waals surface area contributed by atoms with E-state index in [2.05, 4.69) is 10.5 Å². The van der Waals surface area contributed by atoms with Crippen LogP contribution in [0.1, 0.15) is 18.2 Å². The van der Waals surface area contributed by atoms with Gasteiger partial charge in [-0.2, -0.15) is 10.5 Å². The summed E-state index contributed by atoms with van der Waals surface area (Å²) in [6, 6.07) is 0. The lowest BCUT2D eigenvalue weighted by Gasteiger charge is -2.12. The molecule has 1 saturated heterocycles. The second-order valence-corrected chi connectivity index (χ2v) is 3.25. The number of anilines is 1. The Morgan fingerprint density at radius 2 is 2.57 bits per heavy atom. The van der Waals surface area contributed by atoms with Gasteiger partial charge in [0.2, 0.25) is 0 Å². The number of hydrogen-bond acceptors (Lipinski definition) is 5. The fourth-order valence-electron chi connectivity index (χ4n) is 1.38. The molecule has 6 nitrogen and oxygen atoms in total. The molecule has 0 radical (unpaired) electrons. The van der Waals surface area contributed by atoms with Crippen LogP contribution in [0.15, 0.2) is 11.0 Å². The molecular weight excluding hydrogens is 184 g/mol. The fraction of sp³-hybridized carbons (Fsp3) is 0.500. The highest BCUT2D eigenvalue weighted by molar-refractivity contribution is 5.35. The van der Waals surface area contributed by atoms with Crippen molar-refractivity contribution in [2.24, 2.45) is 0 Å². The lowest BCUT2D eigenvalue weighted by molar-refractivity contribution is -0.0120. The van der Waals surface area contributed by atoms with E-state index in [1.807, 2.05) is 0 Å². The number of nitrogen functional groups attached to an aromatic ring is 1. The van der Waals surface area contributed by atoms with Gasteiger partial charge in [-0.15, -0.1) is 0 Å². The van der Waals surface area contributed by atoms with Gasteiger partial charge in [0.1, 0.15) is 5.82 Å². The average Bonchev–Trinajstić information content (AvgIpc) is 2.64. The van der Waals surface area contributed by atoms with E-state index in [4.69, 9.17) is 10.6 Å². The molecule has 1 fully saturated rings. The summed E-state index contributed by atoms with van der Waals surface area (Å²) in [7, 11) is 0. The highest BCUT2D eigenvalue weighted by Crippen LogP contribution is 2.15. The summed E-state index contributed by atoms with van der Waals surface area (Å²) in [4.78, 5) is 20.3. The molecule has 0 amide bonds. The summed E-state index contributed by atoms with van der Waals surface area (Å²) in [5, 5.41) is 0. The van der Waals surface area contributed by atoms with Gasteiger partial charge in [0.15, 0.2) is 6.23 Å². The molecule has 1 aliphatic heterocycles. The minimum Gasteiger partial charge on any atom is -0.383 e. The number of aromatic nitrogens is 2. The Hall–Kier alpha value is -1.40. The molecule has 1 aliphatic rings. The van der Waals surface area contributed by atoms with Crippen molar-refractivity contribution in [2.45, 2.75) is 19.6 Å². The Kier molecular flexibility index (Phi) is 2.22. The van der Waals surface area contributed by atoms with Crippen LogP contribution in [0, 0.1) is 6.92 Å². The number of hydrogen-bond donors (Lipinski definition) is 2. The third kappa shape index (κ3) is 1.49. The van der Waals surface area contributed by atoms with E-state index in [0.29, 0.717) is 0 Å². The van der Waals surface area contributed by atoms with Gasteiger partial charge in [-0.25, -0.2) is 4.79 Å². The third-order valence-corrected chi connectivity index (χ3v) is 2.20. The van der Waals surface area contributed by atoms with Gasteiger partial charge in [-0.3, -0.25) is 9.40 Å². The van der Waals surface area contributed by atoms with E-state index in [0.717, 1.165) is 18.5 Å². The Morgan fingerprint density at radius 3 is 3.21 bits per heavy atom. The number of nitrogens with two attached hydrogens (primary N) is 1. The molecule has 6 heteroatoms. The van der Waals surface area contributed by atoms with Crippen molar-refractivity contribution in [2.75, 3.05) is 12.3 Å². The Balaban J connectivity index is 2.42. The number of aryl methyl sites for hydroxylation is 1. The maximum atomic E-state index is 11.4. The van der Waals surface area contributed by atoms with Crippen molar-refractivity contribution < 1.29 is 4.84 Å². The molecule has 3 N–H and O–H groups in total. The summed E-state index contributed by atoms with van der Waals surface area (Å²) in [5.41, 5.74) is 8.63. The van der Waals surface area contributed by atoms with Crippen molar-refractivity contribution in [3.63, 3.8) is 0 Å². The Labute approximate surface area is 80.7 Å². The summed E-state index contributed by atoms with van der Waals surface area (Å²) < 4.78 is 1.45. The second-order valence-electron chi connectivity index (χ2n) is 3.25. The molecule has 0 bridgehead atoms. The molecule has 2 heterocycles. The second kappa shape index (κ2) is 3.39. The molecule has 14 heavy (non-hydrogen) atoms. The highest BCUT2D eigenvalue weighted by Gasteiger charge is 2.19. The van der Waals surface area contributed by atoms with E-state index in [1.54, 1.807) is 13.1 Å². The summed E-state index contributed by atoms with van der Waals surface area (Å²) in [5.74, 6) is 0.275. The summed E-state index contributed by atoms with van der Waals surface area (Å²) in [6.07, 6.45) is 2.15. The standard InChI is InChI=1S/C8H12N4O2/c1-5-4-12(6-2-3-10-14-6)8(13)11-7(5)9/h4,6,10H,2-3H2,1H3,(H2,9,11,13). The highest BCUT2D eigenvalue weighted by atomic mass is 16.7. The first-order valence-corrected chi connectivity index (χ1v) is 4.42. The molecule has 0 saturated carbocycles. The smallest absolute Gasteiger partial charge is 0.351 e. The lowest BCUT2D eigenvalue weighted by Crippen LogP contribution is -2.28. The van der Waals surface area contributed by atoms with Crippen LogP contribution < -0.4 is 16.9 Å². The van der Waals surface area contributed by atoms with Crippen molar-refractivity contribution >= 4 is 5.82 Å². The number of nitrogens with zero attached hydrogens (tertiary/aromatic N) is 2. The van der Waals surface area contributed by atoms with E-state index in [1.165, 1.54) is 4.57 Å². The van der Waals surface area contributed by atoms with Crippen LogP contribution in [-0.2, 0) is 4.84 Å². The minimum atomic E-state index is -0.373. The topological polar surface area (TPSA) is 82.2 Å². The molecule has 76 valence electrons. The fourth-order valence-corrected chi connectivity index (χ4v) is 1.38. The first-order valence-electron chi connectivity index (χ1n) is 4.42. The predicted octanol–water partition coefficient (Wildman–Crippen LogP) is -0.443. The van der Waals surface area contributed by atoms with Crippen LogP contribution >= 0.6 is 0 Å². The zero-order chi connectivity index (χ0) is 10.1. The van der Waals surface area contributed by atoms with E-state index >= 15 is 0 Å². The summed E-state index contributed by atoms with van der Waals surface area (Å²) >= 11 is 0. The molecule has 0 spiro atoms. The van der Waals surface area contributed by atoms with Crippen LogP contribution in [0.2, 0.25) is 0 Å². The van der Waals surface area contributed by atoms with Crippen LogP contribution in [0.4, 0.5) is 5.82 Å². The van der Waals surface area contributed by atoms with Crippen LogP contribution in [-0.4, -0.2) is 16.1 Å². The van der Waals surface area contributed by atoms with Gasteiger partial charge in [0, 0.05) is 24.7 Å². The van der Waals surface area contributed by atoms with E-state index in [9.17, 15) is 4.79 Å². The van der Waals surface area contributed by atoms with Gasteiger partial charge < -0.3 is 5.73 Å². The van der Waals surface area contributed by atoms with Gasteiger partial charge in [-0.1, -0.05) is 0 Å². The molecule has 1 aromatic heterocycles. The monoisotopic (exact) mass is 196 g/mol. The van der Waals surface area contributed by atoms with E-state index in [-0.39, 0.29) is 17.7 Å². The molecular formula is C8H12N4O2. The molecule has 0 aromatic carbocycles. The zero-order valence-corrected chi connectivity index (χ0v) is 7.86. The number of hydroxylamine groups is 1. The first-order chi connectivity index (χ1) is 6.68. The maximum absolute atomic E-state index is 11.4. The average molecular weight is 196 g/mol. The van der Waals surface area contributed by atoms with E-state index < -0.39 is 0 Å². The van der Waals surface area contributed by atoms with Gasteiger partial charge in [0.05, 0.1) is 0 Å². The zero-order valence-electron chi connectivity index (χ0n) is 7.86. The maximum Gasteiger partial charge on any atom is 0.351 e. The quantitative estimate of drug-likeness (QED) is 0.636. The normalized spacial score (nSPS) is 21.4. The van der Waals surface area contributed by atoms with Crippen molar-refractivity contribution in [1.29, 1.82) is 0 Å². The first kappa shape index (κ1) is 9.17. The number of rotatable bonds is 1.